The number of halogens is 3. The number of nitrogens with one attached hydrogen (secondary N) is 1. The quantitative estimate of drug-likeness (QED) is 0.858. The number of thioether (sulfide) groups is 1. The smallest absolute Gasteiger partial charge is 0.381 e. The molecule has 1 N–H and O–H groups in total. The van der Waals surface area contributed by atoms with Crippen molar-refractivity contribution < 1.29 is 13.2 Å². The Morgan fingerprint density at radius 1 is 1.28 bits per heavy atom. The van der Waals surface area contributed by atoms with E-state index in [1.165, 1.54) is 12.1 Å². The van der Waals surface area contributed by atoms with Gasteiger partial charge in [-0.15, -0.1) is 0 Å². The van der Waals surface area contributed by atoms with E-state index < -0.39 is 11.7 Å². The minimum Gasteiger partial charge on any atom is -0.381 e. The van der Waals surface area contributed by atoms with Crippen LogP contribution in [0.15, 0.2) is 24.3 Å². The van der Waals surface area contributed by atoms with Crippen LogP contribution in [0.25, 0.3) is 0 Å². The van der Waals surface area contributed by atoms with E-state index in [1.54, 1.807) is 6.07 Å². The van der Waals surface area contributed by atoms with Crippen LogP contribution in [0.1, 0.15) is 25.3 Å². The molecule has 1 aromatic rings. The van der Waals surface area contributed by atoms with Gasteiger partial charge in [0.1, 0.15) is 0 Å². The molecule has 2 unspecified atom stereocenters. The fourth-order valence-corrected chi connectivity index (χ4v) is 3.31. The van der Waals surface area contributed by atoms with E-state index in [1.807, 2.05) is 11.8 Å². The number of anilines is 1. The molecule has 2 atom stereocenters. The van der Waals surface area contributed by atoms with E-state index in [9.17, 15) is 13.2 Å². The molecule has 1 heterocycles. The maximum absolute atomic E-state index is 12.9. The highest BCUT2D eigenvalue weighted by molar-refractivity contribution is 8.00. The Hall–Kier alpha value is -0.840. The molecule has 18 heavy (non-hydrogen) atoms. The van der Waals surface area contributed by atoms with Gasteiger partial charge in [0.15, 0.2) is 0 Å². The molecule has 5 heteroatoms. The molecular formula is C13H16F3NS. The van der Waals surface area contributed by atoms with Crippen molar-refractivity contribution in [3.63, 3.8) is 0 Å². The van der Waals surface area contributed by atoms with Crippen LogP contribution in [0.4, 0.5) is 18.9 Å². The molecule has 0 aliphatic carbocycles. The van der Waals surface area contributed by atoms with E-state index >= 15 is 0 Å². The second kappa shape index (κ2) is 5.43. The molecule has 0 amide bonds. The number of para-hydroxylation sites is 1. The van der Waals surface area contributed by atoms with Crippen molar-refractivity contribution in [1.29, 1.82) is 0 Å². The van der Waals surface area contributed by atoms with Crippen LogP contribution in [0, 0.1) is 0 Å². The van der Waals surface area contributed by atoms with Crippen molar-refractivity contribution >= 4 is 17.4 Å². The molecule has 0 saturated carbocycles. The van der Waals surface area contributed by atoms with Gasteiger partial charge in [-0.1, -0.05) is 19.1 Å². The first-order valence-electron chi connectivity index (χ1n) is 6.03. The van der Waals surface area contributed by atoms with Gasteiger partial charge < -0.3 is 5.32 Å². The second-order valence-electron chi connectivity index (χ2n) is 4.51. The molecule has 1 nitrogen and oxygen atoms in total. The van der Waals surface area contributed by atoms with Crippen LogP contribution in [-0.2, 0) is 6.18 Å². The Labute approximate surface area is 109 Å². The first-order chi connectivity index (χ1) is 8.48. The summed E-state index contributed by atoms with van der Waals surface area (Å²) in [5.74, 6) is 1.10. The summed E-state index contributed by atoms with van der Waals surface area (Å²) in [5.41, 5.74) is -0.378. The summed E-state index contributed by atoms with van der Waals surface area (Å²) in [6, 6.07) is 5.82. The second-order valence-corrected chi connectivity index (χ2v) is 6.00. The minimum atomic E-state index is -4.30. The standard InChI is InChI=1S/C13H16F3NS/c1-9-11(7-4-8-18-9)17-12-6-3-2-5-10(12)13(14,15)16/h2-3,5-6,9,11,17H,4,7-8H2,1H3. The summed E-state index contributed by atoms with van der Waals surface area (Å²) in [6.07, 6.45) is -2.31. The predicted octanol–water partition coefficient (Wildman–Crippen LogP) is 4.40. The van der Waals surface area contributed by atoms with Crippen molar-refractivity contribution in [3.8, 4) is 0 Å². The Morgan fingerprint density at radius 3 is 2.67 bits per heavy atom. The van der Waals surface area contributed by atoms with Gasteiger partial charge in [0.25, 0.3) is 0 Å². The first-order valence-corrected chi connectivity index (χ1v) is 7.08. The molecule has 1 aliphatic rings. The van der Waals surface area contributed by atoms with Crippen LogP contribution in [0.2, 0.25) is 0 Å². The normalized spacial score (nSPS) is 24.9. The zero-order valence-corrected chi connectivity index (χ0v) is 10.9. The largest absolute Gasteiger partial charge is 0.418 e. The number of hydrogen-bond donors (Lipinski definition) is 1. The van der Waals surface area contributed by atoms with E-state index in [2.05, 4.69) is 12.2 Å². The molecule has 0 spiro atoms. The Balaban J connectivity index is 2.18. The minimum absolute atomic E-state index is 0.118. The maximum Gasteiger partial charge on any atom is 0.418 e. The fraction of sp³-hybridized carbons (Fsp3) is 0.538. The third-order valence-corrected chi connectivity index (χ3v) is 4.56. The van der Waals surface area contributed by atoms with Crippen molar-refractivity contribution in [1.82, 2.24) is 0 Å². The molecule has 1 aromatic carbocycles. The number of hydrogen-bond acceptors (Lipinski definition) is 2. The topological polar surface area (TPSA) is 12.0 Å². The van der Waals surface area contributed by atoms with E-state index in [0.29, 0.717) is 5.25 Å². The van der Waals surface area contributed by atoms with Crippen LogP contribution < -0.4 is 5.32 Å². The summed E-state index contributed by atoms with van der Waals surface area (Å²) >= 11 is 1.82. The summed E-state index contributed by atoms with van der Waals surface area (Å²) in [4.78, 5) is 0. The van der Waals surface area contributed by atoms with Gasteiger partial charge in [0.2, 0.25) is 0 Å². The lowest BCUT2D eigenvalue weighted by atomic mass is 10.1. The monoisotopic (exact) mass is 275 g/mol. The molecule has 0 aromatic heterocycles. The molecule has 100 valence electrons. The zero-order chi connectivity index (χ0) is 13.2. The number of rotatable bonds is 2. The summed E-state index contributed by atoms with van der Waals surface area (Å²) in [7, 11) is 0. The molecule has 2 rings (SSSR count). The maximum atomic E-state index is 12.9. The van der Waals surface area contributed by atoms with Gasteiger partial charge in [0, 0.05) is 17.0 Å². The molecule has 0 radical (unpaired) electrons. The molecule has 0 bridgehead atoms. The fourth-order valence-electron chi connectivity index (χ4n) is 2.17. The van der Waals surface area contributed by atoms with Gasteiger partial charge in [-0.25, -0.2) is 0 Å². The Kier molecular flexibility index (Phi) is 4.10. The van der Waals surface area contributed by atoms with Crippen LogP contribution in [-0.4, -0.2) is 17.0 Å². The lowest BCUT2D eigenvalue weighted by molar-refractivity contribution is -0.137. The van der Waals surface area contributed by atoms with Gasteiger partial charge in [-0.3, -0.25) is 0 Å². The predicted molar refractivity (Wildman–Crippen MR) is 70.0 cm³/mol. The Bertz CT molecular complexity index is 405. The van der Waals surface area contributed by atoms with Crippen molar-refractivity contribution in [3.05, 3.63) is 29.8 Å². The van der Waals surface area contributed by atoms with Gasteiger partial charge in [-0.2, -0.15) is 24.9 Å². The van der Waals surface area contributed by atoms with Crippen LogP contribution >= 0.6 is 11.8 Å². The van der Waals surface area contributed by atoms with Gasteiger partial charge in [-0.05, 0) is 30.7 Å². The average Bonchev–Trinajstić information content (AvgIpc) is 2.31. The summed E-state index contributed by atoms with van der Waals surface area (Å²) in [5, 5.41) is 3.41. The lowest BCUT2D eigenvalue weighted by Crippen LogP contribution is -2.33. The number of benzene rings is 1. The van der Waals surface area contributed by atoms with Crippen LogP contribution in [0.3, 0.4) is 0 Å². The molecule has 1 saturated heterocycles. The van der Waals surface area contributed by atoms with Crippen molar-refractivity contribution in [2.24, 2.45) is 0 Å². The third-order valence-electron chi connectivity index (χ3n) is 3.18. The molecular weight excluding hydrogens is 259 g/mol. The van der Waals surface area contributed by atoms with E-state index in [4.69, 9.17) is 0 Å². The lowest BCUT2D eigenvalue weighted by Gasteiger charge is -2.30. The SMILES string of the molecule is CC1SCCCC1Nc1ccccc1C(F)(F)F. The highest BCUT2D eigenvalue weighted by atomic mass is 32.2. The van der Waals surface area contributed by atoms with Crippen molar-refractivity contribution in [2.45, 2.75) is 37.2 Å². The highest BCUT2D eigenvalue weighted by Crippen LogP contribution is 2.36. The zero-order valence-electron chi connectivity index (χ0n) is 10.1. The highest BCUT2D eigenvalue weighted by Gasteiger charge is 2.34. The Morgan fingerprint density at radius 2 is 2.00 bits per heavy atom. The van der Waals surface area contributed by atoms with E-state index in [-0.39, 0.29) is 11.7 Å². The van der Waals surface area contributed by atoms with Crippen molar-refractivity contribution in [2.75, 3.05) is 11.1 Å². The number of alkyl halides is 3. The van der Waals surface area contributed by atoms with E-state index in [0.717, 1.165) is 24.7 Å². The summed E-state index contributed by atoms with van der Waals surface area (Å²) < 4.78 is 38.6. The first kappa shape index (κ1) is 13.6. The van der Waals surface area contributed by atoms with Crippen LogP contribution in [0.5, 0.6) is 0 Å². The third kappa shape index (κ3) is 3.13. The molecule has 1 aliphatic heterocycles. The summed E-state index contributed by atoms with van der Waals surface area (Å²) in [6.45, 7) is 2.07. The van der Waals surface area contributed by atoms with Gasteiger partial charge in [0.05, 0.1) is 5.56 Å². The molecule has 1 fully saturated rings. The van der Waals surface area contributed by atoms with Gasteiger partial charge >= 0.3 is 6.18 Å². The average molecular weight is 275 g/mol.